The van der Waals surface area contributed by atoms with Crippen molar-refractivity contribution < 1.29 is 13.2 Å². The van der Waals surface area contributed by atoms with E-state index in [4.69, 9.17) is 0 Å². The molecule has 0 saturated carbocycles. The van der Waals surface area contributed by atoms with Crippen LogP contribution in [0.25, 0.3) is 0 Å². The van der Waals surface area contributed by atoms with Gasteiger partial charge >= 0.3 is 0 Å². The lowest BCUT2D eigenvalue weighted by Gasteiger charge is -2.30. The molecular formula is C20H31N3O3S. The summed E-state index contributed by atoms with van der Waals surface area (Å²) in [6.07, 6.45) is 3.77. The van der Waals surface area contributed by atoms with Crippen LogP contribution >= 0.6 is 0 Å². The van der Waals surface area contributed by atoms with E-state index in [-0.39, 0.29) is 17.6 Å². The summed E-state index contributed by atoms with van der Waals surface area (Å²) >= 11 is 0. The number of likely N-dealkylation sites (tertiary alicyclic amines) is 1. The van der Waals surface area contributed by atoms with Gasteiger partial charge in [-0.05, 0) is 56.8 Å². The Morgan fingerprint density at radius 2 is 1.78 bits per heavy atom. The Kier molecular flexibility index (Phi) is 6.89. The second-order valence-corrected chi connectivity index (χ2v) is 9.85. The molecule has 0 atom stereocenters. The zero-order valence-electron chi connectivity index (χ0n) is 16.2. The van der Waals surface area contributed by atoms with Gasteiger partial charge in [-0.1, -0.05) is 24.3 Å². The quantitative estimate of drug-likeness (QED) is 0.769. The Balaban J connectivity index is 1.47. The van der Waals surface area contributed by atoms with Crippen LogP contribution < -0.4 is 5.32 Å². The minimum Gasteiger partial charge on any atom is -0.352 e. The minimum absolute atomic E-state index is 0.0356. The van der Waals surface area contributed by atoms with Crippen molar-refractivity contribution in [3.05, 3.63) is 35.4 Å². The van der Waals surface area contributed by atoms with Crippen molar-refractivity contribution >= 4 is 15.9 Å². The van der Waals surface area contributed by atoms with Gasteiger partial charge in [-0.15, -0.1) is 0 Å². The monoisotopic (exact) mass is 393 g/mol. The first-order valence-electron chi connectivity index (χ1n) is 10.0. The molecule has 2 fully saturated rings. The van der Waals surface area contributed by atoms with Crippen LogP contribution in [0.5, 0.6) is 0 Å². The molecule has 7 heteroatoms. The number of hydrogen-bond donors (Lipinski definition) is 1. The van der Waals surface area contributed by atoms with Gasteiger partial charge in [0.05, 0.1) is 5.75 Å². The van der Waals surface area contributed by atoms with E-state index < -0.39 is 10.0 Å². The lowest BCUT2D eigenvalue weighted by Crippen LogP contribution is -2.43. The highest BCUT2D eigenvalue weighted by Crippen LogP contribution is 2.20. The molecule has 6 nitrogen and oxygen atoms in total. The van der Waals surface area contributed by atoms with Crippen LogP contribution in [0.1, 0.15) is 43.7 Å². The Hall–Kier alpha value is -1.44. The number of nitrogens with zero attached hydrogens (tertiary/aromatic N) is 2. The highest BCUT2D eigenvalue weighted by Gasteiger charge is 2.29. The molecule has 2 aliphatic rings. The van der Waals surface area contributed by atoms with Gasteiger partial charge in [0.2, 0.25) is 15.9 Å². The van der Waals surface area contributed by atoms with Crippen molar-refractivity contribution in [2.24, 2.45) is 5.92 Å². The Bertz CT molecular complexity index is 737. The molecule has 1 N–H and O–H groups in total. The number of piperidine rings is 1. The Morgan fingerprint density at radius 3 is 2.44 bits per heavy atom. The van der Waals surface area contributed by atoms with Crippen LogP contribution in [0, 0.1) is 5.92 Å². The SMILES string of the molecule is CCS(=O)(=O)N1CCC(C(=O)NCc2cccc(CN3CCCC3)c2)CC1. The van der Waals surface area contributed by atoms with Gasteiger partial charge in [0.25, 0.3) is 0 Å². The summed E-state index contributed by atoms with van der Waals surface area (Å²) in [6.45, 7) is 6.40. The number of benzene rings is 1. The van der Waals surface area contributed by atoms with Crippen LogP contribution in [-0.2, 0) is 27.9 Å². The molecule has 27 heavy (non-hydrogen) atoms. The Morgan fingerprint density at radius 1 is 1.11 bits per heavy atom. The smallest absolute Gasteiger partial charge is 0.223 e. The highest BCUT2D eigenvalue weighted by atomic mass is 32.2. The van der Waals surface area contributed by atoms with E-state index in [1.807, 2.05) is 6.07 Å². The van der Waals surface area contributed by atoms with Crippen LogP contribution in [0.4, 0.5) is 0 Å². The fourth-order valence-corrected chi connectivity index (χ4v) is 5.08. The number of carbonyl (C=O) groups excluding carboxylic acids is 1. The molecule has 1 amide bonds. The van der Waals surface area contributed by atoms with Crippen molar-refractivity contribution in [3.63, 3.8) is 0 Å². The number of nitrogens with one attached hydrogen (secondary N) is 1. The molecule has 2 aliphatic heterocycles. The van der Waals surface area contributed by atoms with Crippen molar-refractivity contribution in [2.75, 3.05) is 31.9 Å². The minimum atomic E-state index is -3.14. The third-order valence-electron chi connectivity index (χ3n) is 5.65. The summed E-state index contributed by atoms with van der Waals surface area (Å²) in [5.41, 5.74) is 2.41. The predicted octanol–water partition coefficient (Wildman–Crippen LogP) is 1.96. The van der Waals surface area contributed by atoms with Crippen LogP contribution in [-0.4, -0.2) is 55.5 Å². The number of hydrogen-bond acceptors (Lipinski definition) is 4. The number of carbonyl (C=O) groups is 1. The highest BCUT2D eigenvalue weighted by molar-refractivity contribution is 7.89. The molecule has 1 aromatic rings. The molecule has 0 bridgehead atoms. The molecule has 0 radical (unpaired) electrons. The lowest BCUT2D eigenvalue weighted by molar-refractivity contribution is -0.126. The second-order valence-electron chi connectivity index (χ2n) is 7.59. The van der Waals surface area contributed by atoms with E-state index in [0.717, 1.165) is 12.1 Å². The van der Waals surface area contributed by atoms with E-state index in [1.165, 1.54) is 35.8 Å². The standard InChI is InChI=1S/C20H31N3O3S/c1-2-27(25,26)23-12-8-19(9-13-23)20(24)21-15-17-6-5-7-18(14-17)16-22-10-3-4-11-22/h5-7,14,19H,2-4,8-13,15-16H2,1H3,(H,21,24). The van der Waals surface area contributed by atoms with Gasteiger partial charge in [0.15, 0.2) is 0 Å². The molecule has 150 valence electrons. The molecule has 3 rings (SSSR count). The summed E-state index contributed by atoms with van der Waals surface area (Å²) in [6, 6.07) is 8.42. The zero-order valence-corrected chi connectivity index (χ0v) is 17.0. The average molecular weight is 394 g/mol. The third-order valence-corrected chi connectivity index (χ3v) is 7.53. The van der Waals surface area contributed by atoms with Gasteiger partial charge < -0.3 is 5.32 Å². The summed E-state index contributed by atoms with van der Waals surface area (Å²) in [4.78, 5) is 14.9. The number of rotatable bonds is 7. The fraction of sp³-hybridized carbons (Fsp3) is 0.650. The summed E-state index contributed by atoms with van der Waals surface area (Å²) < 4.78 is 25.4. The van der Waals surface area contributed by atoms with E-state index in [0.29, 0.717) is 32.5 Å². The topological polar surface area (TPSA) is 69.7 Å². The molecule has 0 spiro atoms. The first kappa shape index (κ1) is 20.3. The van der Waals surface area contributed by atoms with Crippen molar-refractivity contribution in [1.82, 2.24) is 14.5 Å². The molecule has 2 heterocycles. The maximum atomic E-state index is 12.5. The van der Waals surface area contributed by atoms with Crippen LogP contribution in [0.2, 0.25) is 0 Å². The van der Waals surface area contributed by atoms with Gasteiger partial charge in [0.1, 0.15) is 0 Å². The Labute approximate surface area is 163 Å². The van der Waals surface area contributed by atoms with Crippen molar-refractivity contribution in [2.45, 2.75) is 45.7 Å². The molecule has 2 saturated heterocycles. The summed E-state index contributed by atoms with van der Waals surface area (Å²) in [5, 5.41) is 3.04. The maximum absolute atomic E-state index is 12.5. The largest absolute Gasteiger partial charge is 0.352 e. The summed E-state index contributed by atoms with van der Waals surface area (Å²) in [5.74, 6) is 0.0621. The van der Waals surface area contributed by atoms with Gasteiger partial charge in [-0.25, -0.2) is 12.7 Å². The zero-order chi connectivity index (χ0) is 19.3. The van der Waals surface area contributed by atoms with Crippen molar-refractivity contribution in [3.8, 4) is 0 Å². The first-order chi connectivity index (χ1) is 13.0. The molecule has 1 aromatic carbocycles. The lowest BCUT2D eigenvalue weighted by atomic mass is 9.97. The first-order valence-corrected chi connectivity index (χ1v) is 11.6. The van der Waals surface area contributed by atoms with Gasteiger partial charge in [-0.3, -0.25) is 9.69 Å². The van der Waals surface area contributed by atoms with E-state index in [9.17, 15) is 13.2 Å². The third kappa shape index (κ3) is 5.53. The molecule has 0 aliphatic carbocycles. The van der Waals surface area contributed by atoms with Crippen LogP contribution in [0.3, 0.4) is 0 Å². The maximum Gasteiger partial charge on any atom is 0.223 e. The summed E-state index contributed by atoms with van der Waals surface area (Å²) in [7, 11) is -3.14. The van der Waals surface area contributed by atoms with Crippen LogP contribution in [0.15, 0.2) is 24.3 Å². The van der Waals surface area contributed by atoms with E-state index in [1.54, 1.807) is 6.92 Å². The number of sulfonamides is 1. The van der Waals surface area contributed by atoms with E-state index >= 15 is 0 Å². The van der Waals surface area contributed by atoms with Gasteiger partial charge in [-0.2, -0.15) is 0 Å². The predicted molar refractivity (Wildman–Crippen MR) is 107 cm³/mol. The molecule has 0 aromatic heterocycles. The normalized spacial score (nSPS) is 20.0. The van der Waals surface area contributed by atoms with E-state index in [2.05, 4.69) is 28.4 Å². The average Bonchev–Trinajstić information content (AvgIpc) is 3.19. The molecule has 0 unspecified atom stereocenters. The van der Waals surface area contributed by atoms with Crippen molar-refractivity contribution in [1.29, 1.82) is 0 Å². The molecular weight excluding hydrogens is 362 g/mol. The van der Waals surface area contributed by atoms with Gasteiger partial charge in [0, 0.05) is 32.1 Å². The second kappa shape index (κ2) is 9.17. The fourth-order valence-electron chi connectivity index (χ4n) is 3.95. The number of amides is 1.